The third kappa shape index (κ3) is 4.23. The predicted octanol–water partition coefficient (Wildman–Crippen LogP) is 2.83. The van der Waals surface area contributed by atoms with Crippen molar-refractivity contribution in [3.8, 4) is 5.75 Å². The third-order valence-electron chi connectivity index (χ3n) is 3.49. The summed E-state index contributed by atoms with van der Waals surface area (Å²) in [5, 5.41) is 5.44. The van der Waals surface area contributed by atoms with Crippen LogP contribution in [0.3, 0.4) is 0 Å². The Labute approximate surface area is 154 Å². The second kappa shape index (κ2) is 7.46. The third-order valence-corrected chi connectivity index (χ3v) is 4.06. The van der Waals surface area contributed by atoms with Crippen molar-refractivity contribution in [2.75, 3.05) is 0 Å². The number of amides is 2. The number of rotatable bonds is 4. The van der Waals surface area contributed by atoms with Gasteiger partial charge in [-0.2, -0.15) is 0 Å². The molecular weight excluding hydrogens is 360 g/mol. The van der Waals surface area contributed by atoms with Crippen molar-refractivity contribution in [2.24, 2.45) is 0 Å². The summed E-state index contributed by atoms with van der Waals surface area (Å²) >= 11 is 10.8. The molecule has 0 unspecified atom stereocenters. The van der Waals surface area contributed by atoms with E-state index in [1.54, 1.807) is 24.3 Å². The molecule has 2 aromatic rings. The Hall–Kier alpha value is -2.70. The summed E-state index contributed by atoms with van der Waals surface area (Å²) in [5.41, 5.74) is 1.58. The van der Waals surface area contributed by atoms with Gasteiger partial charge in [0.05, 0.1) is 0 Å². The minimum atomic E-state index is -0.521. The van der Waals surface area contributed by atoms with Crippen molar-refractivity contribution < 1.29 is 14.3 Å². The van der Waals surface area contributed by atoms with Crippen LogP contribution in [0.1, 0.15) is 11.1 Å². The van der Waals surface area contributed by atoms with Crippen LogP contribution in [0.4, 0.5) is 0 Å². The van der Waals surface area contributed by atoms with Crippen molar-refractivity contribution in [3.63, 3.8) is 0 Å². The van der Waals surface area contributed by atoms with E-state index < -0.39 is 11.8 Å². The molecule has 1 saturated heterocycles. The molecule has 1 heterocycles. The van der Waals surface area contributed by atoms with Gasteiger partial charge in [-0.15, -0.1) is 0 Å². The van der Waals surface area contributed by atoms with Gasteiger partial charge in [0.2, 0.25) is 0 Å². The van der Waals surface area contributed by atoms with Gasteiger partial charge >= 0.3 is 0 Å². The lowest BCUT2D eigenvalue weighted by atomic mass is 10.1. The molecule has 0 aliphatic carbocycles. The quantitative estimate of drug-likeness (QED) is 0.492. The highest BCUT2D eigenvalue weighted by Gasteiger charge is 2.25. The van der Waals surface area contributed by atoms with E-state index in [1.165, 1.54) is 6.08 Å². The molecule has 3 rings (SSSR count). The number of hydrogen-bond donors (Lipinski definition) is 2. The van der Waals surface area contributed by atoms with E-state index in [2.05, 4.69) is 10.6 Å². The SMILES string of the molecule is O=C1NC(=S)NC(=O)C1=Cc1ccc(OCc2ccccc2Cl)cc1. The lowest BCUT2D eigenvalue weighted by Crippen LogP contribution is -2.51. The van der Waals surface area contributed by atoms with Crippen LogP contribution in [-0.2, 0) is 16.2 Å². The van der Waals surface area contributed by atoms with Gasteiger partial charge < -0.3 is 4.74 Å². The minimum Gasteiger partial charge on any atom is -0.489 e. The molecular formula is C18H13ClN2O3S. The van der Waals surface area contributed by atoms with Crippen LogP contribution in [0, 0.1) is 0 Å². The van der Waals surface area contributed by atoms with E-state index in [0.29, 0.717) is 22.9 Å². The molecule has 1 aliphatic heterocycles. The Morgan fingerprint density at radius 1 is 1.00 bits per heavy atom. The fourth-order valence-electron chi connectivity index (χ4n) is 2.21. The maximum absolute atomic E-state index is 11.8. The minimum absolute atomic E-state index is 0.00154. The van der Waals surface area contributed by atoms with E-state index in [9.17, 15) is 9.59 Å². The van der Waals surface area contributed by atoms with Crippen molar-refractivity contribution >= 4 is 46.8 Å². The Bertz CT molecular complexity index is 856. The first-order valence-electron chi connectivity index (χ1n) is 7.37. The van der Waals surface area contributed by atoms with Gasteiger partial charge in [-0.05, 0) is 42.1 Å². The highest BCUT2D eigenvalue weighted by Crippen LogP contribution is 2.20. The summed E-state index contributed by atoms with van der Waals surface area (Å²) in [6.07, 6.45) is 1.49. The number of nitrogens with one attached hydrogen (secondary N) is 2. The molecule has 7 heteroatoms. The summed E-state index contributed by atoms with van der Waals surface area (Å²) in [7, 11) is 0. The molecule has 0 radical (unpaired) electrons. The number of hydrogen-bond acceptors (Lipinski definition) is 4. The Morgan fingerprint density at radius 2 is 1.64 bits per heavy atom. The molecule has 2 aromatic carbocycles. The van der Waals surface area contributed by atoms with Crippen molar-refractivity contribution in [3.05, 3.63) is 70.3 Å². The number of ether oxygens (including phenoxy) is 1. The molecule has 0 bridgehead atoms. The van der Waals surface area contributed by atoms with Gasteiger partial charge in [-0.3, -0.25) is 20.2 Å². The zero-order valence-electron chi connectivity index (χ0n) is 12.9. The summed E-state index contributed by atoms with van der Waals surface area (Å²) < 4.78 is 5.69. The lowest BCUT2D eigenvalue weighted by Gasteiger charge is -2.16. The van der Waals surface area contributed by atoms with Crippen LogP contribution >= 0.6 is 23.8 Å². The van der Waals surface area contributed by atoms with E-state index in [0.717, 1.165) is 5.56 Å². The molecule has 1 aliphatic rings. The average Bonchev–Trinajstić information content (AvgIpc) is 2.58. The molecule has 1 fully saturated rings. The van der Waals surface area contributed by atoms with Crippen LogP contribution in [0.15, 0.2) is 54.1 Å². The number of benzene rings is 2. The fourth-order valence-corrected chi connectivity index (χ4v) is 2.59. The highest BCUT2D eigenvalue weighted by atomic mass is 35.5. The first-order valence-corrected chi connectivity index (χ1v) is 8.16. The van der Waals surface area contributed by atoms with Crippen LogP contribution in [0.25, 0.3) is 6.08 Å². The average molecular weight is 373 g/mol. The summed E-state index contributed by atoms with van der Waals surface area (Å²) in [6.45, 7) is 0.350. The van der Waals surface area contributed by atoms with E-state index in [4.69, 9.17) is 28.6 Å². The molecule has 0 saturated carbocycles. The predicted molar refractivity (Wildman–Crippen MR) is 99.1 cm³/mol. The van der Waals surface area contributed by atoms with Gasteiger partial charge in [0.1, 0.15) is 17.9 Å². The maximum atomic E-state index is 11.8. The Morgan fingerprint density at radius 3 is 2.28 bits per heavy atom. The number of carbonyl (C=O) groups excluding carboxylic acids is 2. The standard InChI is InChI=1S/C18H13ClN2O3S/c19-15-4-2-1-3-12(15)10-24-13-7-5-11(6-8-13)9-14-16(22)20-18(25)21-17(14)23/h1-9H,10H2,(H2,20,21,22,23,25). The molecule has 0 spiro atoms. The van der Waals surface area contributed by atoms with Gasteiger partial charge in [0.15, 0.2) is 5.11 Å². The fraction of sp³-hybridized carbons (Fsp3) is 0.0556. The molecule has 2 N–H and O–H groups in total. The van der Waals surface area contributed by atoms with Gasteiger partial charge in [0, 0.05) is 10.6 Å². The topological polar surface area (TPSA) is 67.4 Å². The molecule has 0 atom stereocenters. The second-order valence-electron chi connectivity index (χ2n) is 5.24. The molecule has 5 nitrogen and oxygen atoms in total. The second-order valence-corrected chi connectivity index (χ2v) is 6.06. The first kappa shape index (κ1) is 17.1. The molecule has 2 amide bonds. The number of carbonyl (C=O) groups is 2. The van der Waals surface area contributed by atoms with Crippen LogP contribution < -0.4 is 15.4 Å². The number of thiocarbonyl (C=S) groups is 1. The van der Waals surface area contributed by atoms with E-state index in [-0.39, 0.29) is 10.7 Å². The van der Waals surface area contributed by atoms with Crippen molar-refractivity contribution in [1.82, 2.24) is 10.6 Å². The molecule has 126 valence electrons. The zero-order chi connectivity index (χ0) is 17.8. The van der Waals surface area contributed by atoms with Gasteiger partial charge in [-0.1, -0.05) is 41.9 Å². The summed E-state index contributed by atoms with van der Waals surface area (Å²) in [6, 6.07) is 14.5. The van der Waals surface area contributed by atoms with Gasteiger partial charge in [0.25, 0.3) is 11.8 Å². The normalized spacial score (nSPS) is 14.0. The Kier molecular flexibility index (Phi) is 5.11. The smallest absolute Gasteiger partial charge is 0.263 e. The largest absolute Gasteiger partial charge is 0.489 e. The van der Waals surface area contributed by atoms with Crippen LogP contribution in [0.2, 0.25) is 5.02 Å². The van der Waals surface area contributed by atoms with Crippen LogP contribution in [0.5, 0.6) is 5.75 Å². The zero-order valence-corrected chi connectivity index (χ0v) is 14.5. The lowest BCUT2D eigenvalue weighted by molar-refractivity contribution is -0.123. The highest BCUT2D eigenvalue weighted by molar-refractivity contribution is 7.80. The van der Waals surface area contributed by atoms with E-state index in [1.807, 2.05) is 24.3 Å². The number of halogens is 1. The molecule has 0 aromatic heterocycles. The monoisotopic (exact) mass is 372 g/mol. The summed E-state index contributed by atoms with van der Waals surface area (Å²) in [4.78, 5) is 23.6. The van der Waals surface area contributed by atoms with Crippen molar-refractivity contribution in [1.29, 1.82) is 0 Å². The van der Waals surface area contributed by atoms with E-state index >= 15 is 0 Å². The Balaban J connectivity index is 1.69. The molecule has 25 heavy (non-hydrogen) atoms. The first-order chi connectivity index (χ1) is 12.0. The summed E-state index contributed by atoms with van der Waals surface area (Å²) in [5.74, 6) is -0.388. The van der Waals surface area contributed by atoms with Crippen molar-refractivity contribution in [2.45, 2.75) is 6.61 Å². The van der Waals surface area contributed by atoms with Gasteiger partial charge in [-0.25, -0.2) is 0 Å². The maximum Gasteiger partial charge on any atom is 0.263 e. The van der Waals surface area contributed by atoms with Crippen LogP contribution in [-0.4, -0.2) is 16.9 Å².